The highest BCUT2D eigenvalue weighted by atomic mass is 16.5. The number of aliphatic carboxylic acids is 1. The minimum absolute atomic E-state index is 0.00965. The number of nitrogens with two attached hydrogens (primary N) is 1. The summed E-state index contributed by atoms with van der Waals surface area (Å²) in [5, 5.41) is 46.6. The minimum Gasteiger partial charge on any atom is -0.483 e. The number of nitrogens with one attached hydrogen (secondary N) is 10. The second kappa shape index (κ2) is 20.1. The summed E-state index contributed by atoms with van der Waals surface area (Å²) in [6.45, 7) is 4.27. The molecule has 0 saturated heterocycles. The second-order valence-electron chi connectivity index (χ2n) is 19.1. The number of nitrogens with zero attached hydrogens (tertiary/aromatic N) is 1. The van der Waals surface area contributed by atoms with Crippen molar-refractivity contribution in [3.63, 3.8) is 0 Å². The van der Waals surface area contributed by atoms with E-state index in [0.29, 0.717) is 28.1 Å². The van der Waals surface area contributed by atoms with Crippen LogP contribution in [-0.4, -0.2) is 141 Å². The molecule has 5 aliphatic rings. The summed E-state index contributed by atoms with van der Waals surface area (Å²) in [6.07, 6.45) is -0.138. The second-order valence-corrected chi connectivity index (χ2v) is 19.1. The van der Waals surface area contributed by atoms with Gasteiger partial charge in [0, 0.05) is 23.9 Å². The Kier molecular flexibility index (Phi) is 14.1. The number of imidazole rings is 1. The summed E-state index contributed by atoms with van der Waals surface area (Å²) in [5.74, 6) is -8.23. The Morgan fingerprint density at radius 1 is 0.889 bits per heavy atom. The van der Waals surface area contributed by atoms with Crippen molar-refractivity contribution in [2.75, 3.05) is 25.0 Å². The zero-order chi connectivity index (χ0) is 51.8. The Labute approximate surface area is 411 Å². The van der Waals surface area contributed by atoms with Gasteiger partial charge in [-0.15, -0.1) is 0 Å². The van der Waals surface area contributed by atoms with Gasteiger partial charge in [-0.25, -0.2) is 9.78 Å². The molecule has 6 heterocycles. The molecule has 72 heavy (non-hydrogen) atoms. The molecule has 1 aromatic heterocycles. The molecule has 25 heteroatoms. The quantitative estimate of drug-likeness (QED) is 0.116. The van der Waals surface area contributed by atoms with Gasteiger partial charge >= 0.3 is 5.97 Å². The van der Waals surface area contributed by atoms with Gasteiger partial charge in [-0.1, -0.05) is 26.0 Å². The monoisotopic (exact) mass is 998 g/mol. The van der Waals surface area contributed by atoms with Gasteiger partial charge in [0.15, 0.2) is 12.3 Å². The molecule has 8 rings (SSSR count). The Hall–Kier alpha value is -7.80. The molecular weight excluding hydrogens is 941 g/mol. The van der Waals surface area contributed by atoms with Crippen molar-refractivity contribution in [2.45, 2.75) is 119 Å². The smallest absolute Gasteiger partial charge is 0.330 e. The van der Waals surface area contributed by atoms with Crippen LogP contribution < -0.4 is 63.1 Å². The molecule has 0 radical (unpaired) electrons. The van der Waals surface area contributed by atoms with E-state index in [0.717, 1.165) is 0 Å². The van der Waals surface area contributed by atoms with E-state index in [2.05, 4.69) is 57.8 Å². The van der Waals surface area contributed by atoms with Gasteiger partial charge in [-0.3, -0.25) is 38.4 Å². The fourth-order valence-corrected chi connectivity index (χ4v) is 10.0. The third-order valence-corrected chi connectivity index (χ3v) is 14.0. The number of aliphatic hydroxyl groups excluding tert-OH is 1. The number of anilines is 1. The third kappa shape index (κ3) is 9.93. The van der Waals surface area contributed by atoms with Crippen LogP contribution in [0.3, 0.4) is 0 Å². The van der Waals surface area contributed by atoms with E-state index in [9.17, 15) is 53.4 Å². The lowest BCUT2D eigenvalue weighted by molar-refractivity contribution is -0.148. The van der Waals surface area contributed by atoms with E-state index in [1.165, 1.54) is 26.4 Å². The molecule has 5 aliphatic heterocycles. The number of carbonyl (C=O) groups excluding carboxylic acids is 8. The average molecular weight is 999 g/mol. The molecule has 11 atom stereocenters. The Morgan fingerprint density at radius 2 is 1.61 bits per heavy atom. The predicted octanol–water partition coefficient (Wildman–Crippen LogP) is -3.13. The van der Waals surface area contributed by atoms with E-state index in [1.807, 2.05) is 6.92 Å². The summed E-state index contributed by atoms with van der Waals surface area (Å²) in [4.78, 5) is 130. The van der Waals surface area contributed by atoms with Crippen molar-refractivity contribution in [1.29, 1.82) is 0 Å². The summed E-state index contributed by atoms with van der Waals surface area (Å²) in [6, 6.07) is -0.603. The van der Waals surface area contributed by atoms with E-state index in [4.69, 9.17) is 15.2 Å². The van der Waals surface area contributed by atoms with Crippen LogP contribution in [-0.2, 0) is 61.4 Å². The SMILES string of the molecule is CC[C@@]1(C)Oc2cccc3c2N[C@@H]2Oc4c5cc6cc4[C@]32C[C@H](NC(=O)[C@H](C)NC(=O)CNC(=O)[C@@H](NC(=O)[C@@H](NC(=O)[C@@H](N)Cc2cnc[nH]2)C[C@@H](C)C5)[C@@H]6O)C(=O)NCC(=O)NCC(=O)N[C@@H]1C(=O)O. The van der Waals surface area contributed by atoms with Crippen LogP contribution in [0.15, 0.2) is 42.9 Å². The van der Waals surface area contributed by atoms with Gasteiger partial charge in [-0.2, -0.15) is 0 Å². The predicted molar refractivity (Wildman–Crippen MR) is 250 cm³/mol. The number of amides is 8. The number of carboxylic acids is 1. The zero-order valence-corrected chi connectivity index (χ0v) is 39.8. The van der Waals surface area contributed by atoms with Gasteiger partial charge in [-0.05, 0) is 80.3 Å². The number of hydrogen-bond acceptors (Lipinski definition) is 15. The average Bonchev–Trinajstić information content (AvgIpc) is 4.05. The molecule has 2 aromatic carbocycles. The molecule has 14 N–H and O–H groups in total. The fraction of sp³-hybridized carbons (Fsp3) is 0.489. The topological polar surface area (TPSA) is 376 Å². The summed E-state index contributed by atoms with van der Waals surface area (Å²) >= 11 is 0. The molecule has 384 valence electrons. The zero-order valence-electron chi connectivity index (χ0n) is 39.8. The maximum absolute atomic E-state index is 14.5. The van der Waals surface area contributed by atoms with Crippen LogP contribution in [0, 0.1) is 5.92 Å². The van der Waals surface area contributed by atoms with Crippen LogP contribution in [0.5, 0.6) is 11.5 Å². The maximum Gasteiger partial charge on any atom is 0.330 e. The summed E-state index contributed by atoms with van der Waals surface area (Å²) < 4.78 is 13.5. The number of rotatable bonds is 6. The van der Waals surface area contributed by atoms with Gasteiger partial charge in [0.2, 0.25) is 47.3 Å². The van der Waals surface area contributed by atoms with E-state index in [-0.39, 0.29) is 49.1 Å². The maximum atomic E-state index is 14.5. The standard InChI is InChI=1S/C47H58N12O13/c1-5-46(4)38(44(69)70)57-33(62)17-50-31(60)16-51-41(66)29-14-47-25-7-6-8-30(72-46)34(25)59-45(47)71-37-23-9-20(2)10-28(55-40(65)27(48)13-24-15-49-19-53-24)42(67)58-35(36(63)22(11-23)12-26(37)47)43(68)52-18-32(61)54-21(3)39(64)56-29/h6-8,11-12,15,19-21,27-29,35-36,38,45,59,63H,5,9-10,13-14,16-18,48H2,1-4H3,(H,49,53)(H,50,60)(H,51,66)(H,52,68)(H,54,61)(H,55,65)(H,56,64)(H,57,62)(H,58,67)(H,69,70)/t20-,21-,27-,28-,29-,35-,36+,38+,45+,46+,47-/m0/s1. The number of para-hydroxylation sites is 1. The Balaban J connectivity index is 1.31. The Bertz CT molecular complexity index is 2700. The first-order chi connectivity index (χ1) is 34.2. The van der Waals surface area contributed by atoms with Crippen LogP contribution in [0.2, 0.25) is 0 Å². The molecule has 25 nitrogen and oxygen atoms in total. The van der Waals surface area contributed by atoms with Crippen LogP contribution in [0.25, 0.3) is 0 Å². The lowest BCUT2D eigenvalue weighted by atomic mass is 9.70. The van der Waals surface area contributed by atoms with Crippen molar-refractivity contribution in [3.05, 3.63) is 70.8 Å². The van der Waals surface area contributed by atoms with Crippen LogP contribution in [0.4, 0.5) is 5.69 Å². The van der Waals surface area contributed by atoms with Gasteiger partial charge in [0.25, 0.3) is 0 Å². The highest BCUT2D eigenvalue weighted by molar-refractivity contribution is 5.97. The number of benzene rings is 2. The largest absolute Gasteiger partial charge is 0.483 e. The number of aromatic nitrogens is 2. The van der Waals surface area contributed by atoms with Crippen molar-refractivity contribution in [1.82, 2.24) is 52.5 Å². The first-order valence-electron chi connectivity index (χ1n) is 23.6. The van der Waals surface area contributed by atoms with Crippen molar-refractivity contribution < 1.29 is 62.8 Å². The van der Waals surface area contributed by atoms with E-state index >= 15 is 0 Å². The van der Waals surface area contributed by atoms with Crippen LogP contribution >= 0.6 is 0 Å². The van der Waals surface area contributed by atoms with Gasteiger partial charge < -0.3 is 78.3 Å². The highest BCUT2D eigenvalue weighted by Crippen LogP contribution is 2.60. The van der Waals surface area contributed by atoms with Crippen molar-refractivity contribution >= 4 is 58.9 Å². The summed E-state index contributed by atoms with van der Waals surface area (Å²) in [7, 11) is 0. The molecule has 9 bridgehead atoms. The molecule has 0 fully saturated rings. The van der Waals surface area contributed by atoms with Crippen LogP contribution in [0.1, 0.15) is 81.0 Å². The fourth-order valence-electron chi connectivity index (χ4n) is 10.0. The van der Waals surface area contributed by atoms with E-state index < -0.39 is 138 Å². The molecule has 0 saturated carbocycles. The number of carbonyl (C=O) groups is 9. The van der Waals surface area contributed by atoms with E-state index in [1.54, 1.807) is 37.3 Å². The lowest BCUT2D eigenvalue weighted by Crippen LogP contribution is -2.59. The molecule has 3 aromatic rings. The van der Waals surface area contributed by atoms with Gasteiger partial charge in [0.05, 0.1) is 43.1 Å². The number of fused-ring (bicyclic) bond motifs is 4. The number of ether oxygens (including phenoxy) is 2. The molecule has 0 unspecified atom stereocenters. The Morgan fingerprint density at radius 3 is 2.33 bits per heavy atom. The third-order valence-electron chi connectivity index (χ3n) is 14.0. The number of aliphatic hydroxyl groups is 1. The number of hydrogen-bond donors (Lipinski definition) is 13. The molecular formula is C47H58N12O13. The summed E-state index contributed by atoms with van der Waals surface area (Å²) in [5.41, 5.74) is 5.31. The normalized spacial score (nSPS) is 30.3. The van der Waals surface area contributed by atoms with Crippen molar-refractivity contribution in [3.8, 4) is 11.5 Å². The minimum atomic E-state index is -1.85. The number of carboxylic acid groups (broad SMARTS) is 1. The van der Waals surface area contributed by atoms with Crippen molar-refractivity contribution in [2.24, 2.45) is 11.7 Å². The number of aromatic amines is 1. The number of H-pyrrole nitrogens is 1. The highest BCUT2D eigenvalue weighted by Gasteiger charge is 2.59. The molecule has 8 amide bonds. The first kappa shape index (κ1) is 50.6. The molecule has 0 aliphatic carbocycles. The molecule has 1 spiro atoms. The van der Waals surface area contributed by atoms with Gasteiger partial charge in [0.1, 0.15) is 47.4 Å². The lowest BCUT2D eigenvalue weighted by Gasteiger charge is -2.36. The first-order valence-corrected chi connectivity index (χ1v) is 23.6.